The fourth-order valence-electron chi connectivity index (χ4n) is 10.2. The molecule has 1 aliphatic heterocycles. The molecule has 9 nitrogen and oxygen atoms in total. The molecule has 1 amide bonds. The smallest absolute Gasteiger partial charge is 0.239 e. The number of hydrogen-bond acceptors (Lipinski definition) is 8. The molecule has 2 N–H and O–H groups in total. The number of ether oxygens (including phenoxy) is 3. The van der Waals surface area contributed by atoms with Crippen LogP contribution in [0.25, 0.3) is 10.8 Å². The summed E-state index contributed by atoms with van der Waals surface area (Å²) in [4.78, 5) is 21.7. The van der Waals surface area contributed by atoms with Crippen LogP contribution in [-0.2, 0) is 14.4 Å². The van der Waals surface area contributed by atoms with Crippen LogP contribution in [0.4, 0.5) is 0 Å². The lowest BCUT2D eigenvalue weighted by molar-refractivity contribution is -0.255. The van der Waals surface area contributed by atoms with Crippen LogP contribution in [0, 0.1) is 23.7 Å². The number of nitrogens with zero attached hydrogens (tertiary/aromatic N) is 2. The van der Waals surface area contributed by atoms with Crippen LogP contribution in [0.5, 0.6) is 17.2 Å². The van der Waals surface area contributed by atoms with Crippen LogP contribution in [0.3, 0.4) is 0 Å². The van der Waals surface area contributed by atoms with Crippen molar-refractivity contribution in [3.63, 3.8) is 0 Å². The molecule has 300 valence electrons. The summed E-state index contributed by atoms with van der Waals surface area (Å²) in [6.45, 7) is 4.54. The predicted octanol–water partition coefficient (Wildman–Crippen LogP) is 9.32. The monoisotopic (exact) mass is 764 g/mol. The fraction of sp³-hybridized carbons (Fsp3) is 0.532. The number of fused-ring (bicyclic) bond motifs is 3. The topological polar surface area (TPSA) is 110 Å². The van der Waals surface area contributed by atoms with Crippen molar-refractivity contribution in [2.75, 3.05) is 34.0 Å². The van der Waals surface area contributed by atoms with Crippen molar-refractivity contribution < 1.29 is 34.1 Å². The van der Waals surface area contributed by atoms with Gasteiger partial charge in [-0.3, -0.25) is 4.79 Å². The second-order valence-electron chi connectivity index (χ2n) is 16.3. The summed E-state index contributed by atoms with van der Waals surface area (Å²) in [5, 5.41) is 26.6. The number of likely N-dealkylation sites (N-methyl/N-ethyl adjacent to an activating group) is 1. The second kappa shape index (κ2) is 18.4. The van der Waals surface area contributed by atoms with E-state index in [1.54, 1.807) is 13.2 Å². The predicted molar refractivity (Wildman–Crippen MR) is 220 cm³/mol. The first kappa shape index (κ1) is 40.0. The lowest BCUT2D eigenvalue weighted by atomic mass is 9.55. The Morgan fingerprint density at radius 2 is 1.70 bits per heavy atom. The van der Waals surface area contributed by atoms with Crippen molar-refractivity contribution in [2.45, 2.75) is 101 Å². The lowest BCUT2D eigenvalue weighted by Gasteiger charge is -2.59. The van der Waals surface area contributed by atoms with Crippen molar-refractivity contribution in [3.05, 3.63) is 90.5 Å². The normalized spacial score (nSPS) is 26.2. The molecule has 4 aliphatic rings. The molecule has 6 unspecified atom stereocenters. The number of allylic oxidation sites excluding steroid dienone is 1. The van der Waals surface area contributed by atoms with E-state index in [1.165, 1.54) is 25.7 Å². The minimum absolute atomic E-state index is 0.0786. The van der Waals surface area contributed by atoms with E-state index in [1.807, 2.05) is 42.3 Å². The average Bonchev–Trinajstić information content (AvgIpc) is 3.74. The van der Waals surface area contributed by atoms with Gasteiger partial charge >= 0.3 is 0 Å². The van der Waals surface area contributed by atoms with E-state index in [2.05, 4.69) is 48.1 Å². The molecule has 3 aromatic carbocycles. The van der Waals surface area contributed by atoms with E-state index in [0.29, 0.717) is 36.7 Å². The molecule has 6 atom stereocenters. The summed E-state index contributed by atoms with van der Waals surface area (Å²) in [7, 11) is 3.47. The van der Waals surface area contributed by atoms with E-state index in [-0.39, 0.29) is 49.4 Å². The molecule has 7 rings (SSSR count). The molecular weight excluding hydrogens is 705 g/mol. The molecule has 3 aliphatic carbocycles. The second-order valence-corrected chi connectivity index (χ2v) is 16.3. The van der Waals surface area contributed by atoms with E-state index in [4.69, 9.17) is 19.0 Å². The Labute approximate surface area is 332 Å². The van der Waals surface area contributed by atoms with Crippen LogP contribution in [-0.4, -0.2) is 72.5 Å². The van der Waals surface area contributed by atoms with Gasteiger partial charge in [-0.05, 0) is 96.5 Å². The van der Waals surface area contributed by atoms with Gasteiger partial charge in [0.25, 0.3) is 0 Å². The highest BCUT2D eigenvalue weighted by Crippen LogP contribution is 2.62. The van der Waals surface area contributed by atoms with Crippen molar-refractivity contribution in [1.29, 1.82) is 0 Å². The number of oxime groups is 1. The molecule has 2 saturated carbocycles. The van der Waals surface area contributed by atoms with Gasteiger partial charge in [0.15, 0.2) is 0 Å². The Hall–Kier alpha value is -4.18. The third-order valence-corrected chi connectivity index (χ3v) is 12.9. The number of aliphatic hydroxyl groups is 2. The molecule has 0 spiro atoms. The Morgan fingerprint density at radius 1 is 0.964 bits per heavy atom. The van der Waals surface area contributed by atoms with Crippen molar-refractivity contribution in [1.82, 2.24) is 4.90 Å². The van der Waals surface area contributed by atoms with Gasteiger partial charge in [-0.1, -0.05) is 86.2 Å². The lowest BCUT2D eigenvalue weighted by Crippen LogP contribution is -2.69. The van der Waals surface area contributed by atoms with Crippen LogP contribution in [0.15, 0.2) is 90.1 Å². The van der Waals surface area contributed by atoms with Gasteiger partial charge in [0.1, 0.15) is 30.4 Å². The number of rotatable bonds is 18. The van der Waals surface area contributed by atoms with E-state index in [9.17, 15) is 15.0 Å². The number of unbranched alkanes of at least 4 members (excludes halogenated alkanes) is 2. The molecule has 3 aromatic rings. The van der Waals surface area contributed by atoms with Crippen molar-refractivity contribution in [3.8, 4) is 17.2 Å². The quantitative estimate of drug-likeness (QED) is 0.0755. The number of hydrogen-bond donors (Lipinski definition) is 2. The highest BCUT2D eigenvalue weighted by atomic mass is 16.7. The Bertz CT molecular complexity index is 1880. The van der Waals surface area contributed by atoms with Crippen LogP contribution < -0.4 is 9.47 Å². The minimum Gasteiger partial charge on any atom is -0.459 e. The Balaban J connectivity index is 1.36. The summed E-state index contributed by atoms with van der Waals surface area (Å²) in [6.07, 6.45) is 15.7. The third-order valence-electron chi connectivity index (χ3n) is 12.9. The summed E-state index contributed by atoms with van der Waals surface area (Å²) in [6, 6.07) is 20.0. The Morgan fingerprint density at radius 3 is 2.45 bits per heavy atom. The summed E-state index contributed by atoms with van der Waals surface area (Å²) < 4.78 is 20.9. The summed E-state index contributed by atoms with van der Waals surface area (Å²) >= 11 is 0. The highest BCUT2D eigenvalue weighted by Gasteiger charge is 2.65. The molecule has 9 heteroatoms. The van der Waals surface area contributed by atoms with Gasteiger partial charge in [-0.25, -0.2) is 0 Å². The molecule has 2 fully saturated rings. The first-order chi connectivity index (χ1) is 27.4. The maximum absolute atomic E-state index is 14.2. The molecule has 56 heavy (non-hydrogen) atoms. The van der Waals surface area contributed by atoms with Crippen LogP contribution in [0.1, 0.15) is 95.0 Å². The number of amides is 1. The van der Waals surface area contributed by atoms with E-state index in [0.717, 1.165) is 71.9 Å². The Kier molecular flexibility index (Phi) is 13.1. The van der Waals surface area contributed by atoms with Gasteiger partial charge in [-0.15, -0.1) is 6.58 Å². The molecule has 0 bridgehead atoms. The third kappa shape index (κ3) is 8.27. The largest absolute Gasteiger partial charge is 0.459 e. The summed E-state index contributed by atoms with van der Waals surface area (Å²) in [5.74, 6) is 1.47. The van der Waals surface area contributed by atoms with Gasteiger partial charge in [0, 0.05) is 44.6 Å². The van der Waals surface area contributed by atoms with Crippen molar-refractivity contribution in [2.24, 2.45) is 28.8 Å². The molecule has 0 radical (unpaired) electrons. The number of benzene rings is 3. The number of aliphatic hydroxyl groups excluding tert-OH is 2. The van der Waals surface area contributed by atoms with Crippen molar-refractivity contribution >= 4 is 22.4 Å². The maximum Gasteiger partial charge on any atom is 0.239 e. The summed E-state index contributed by atoms with van der Waals surface area (Å²) in [5.41, 5.74) is 2.87. The van der Waals surface area contributed by atoms with Crippen LogP contribution >= 0.6 is 0 Å². The molecular formula is C47H60N2O7. The standard InChI is InChI=1S/C47H60N2O7/c1-4-27-54-47-43(49(2)44(52)24-19-32-13-5-6-14-32)31-41(48-53-3)39-29-35(17-9-11-25-50)38(18-10-12-26-51)45(46(39)47)40-30-37(22-23-42(40)56-47)55-36-21-20-33-15-7-8-16-34(33)28-36/h4,7-8,15-16,20-23,28-30,32,35,38,43,45-46,50-51H,1,5-6,9-14,17-19,24-27,31H2,2-3H3. The van der Waals surface area contributed by atoms with Gasteiger partial charge in [-0.2, -0.15) is 0 Å². The molecule has 0 aromatic heterocycles. The van der Waals surface area contributed by atoms with Gasteiger partial charge in [0.05, 0.1) is 18.2 Å². The number of carbonyl (C=O) groups is 1. The van der Waals surface area contributed by atoms with Crippen LogP contribution in [0.2, 0.25) is 0 Å². The van der Waals surface area contributed by atoms with Gasteiger partial charge < -0.3 is 34.2 Å². The molecule has 1 heterocycles. The van der Waals surface area contributed by atoms with E-state index < -0.39 is 11.8 Å². The zero-order valence-electron chi connectivity index (χ0n) is 33.2. The average molecular weight is 765 g/mol. The van der Waals surface area contributed by atoms with Gasteiger partial charge in [0.2, 0.25) is 11.7 Å². The zero-order chi connectivity index (χ0) is 39.1. The first-order valence-corrected chi connectivity index (χ1v) is 20.9. The first-order valence-electron chi connectivity index (χ1n) is 20.9. The maximum atomic E-state index is 14.2. The number of carbonyl (C=O) groups excluding carboxylic acids is 1. The zero-order valence-corrected chi connectivity index (χ0v) is 33.2. The fourth-order valence-corrected chi connectivity index (χ4v) is 10.2. The van der Waals surface area contributed by atoms with E-state index >= 15 is 0 Å². The minimum atomic E-state index is -1.24. The molecule has 0 saturated heterocycles. The SMILES string of the molecule is C=CCOC12Oc3ccc(Oc4ccc5ccccc5c4)cc3C3C(CCCCO)C(CCCCO)C=C(C(=NOC)CC1N(C)C(=O)CCC1CCCC1)C32. The highest BCUT2D eigenvalue weighted by molar-refractivity contribution is 6.03.